The number of rotatable bonds is 0. The number of nitrogens with one attached hydrogen (secondary N) is 2. The second kappa shape index (κ2) is 3.35. The summed E-state index contributed by atoms with van der Waals surface area (Å²) in [5.41, 5.74) is 0.158. The van der Waals surface area contributed by atoms with Crippen molar-refractivity contribution in [1.82, 2.24) is 9.97 Å². The molecule has 0 aromatic carbocycles. The van der Waals surface area contributed by atoms with E-state index in [1.54, 1.807) is 6.20 Å². The molecule has 18 heavy (non-hydrogen) atoms. The molecule has 6 heteroatoms. The summed E-state index contributed by atoms with van der Waals surface area (Å²) in [7, 11) is 0. The van der Waals surface area contributed by atoms with Crippen molar-refractivity contribution in [3.8, 4) is 0 Å². The quantitative estimate of drug-likeness (QED) is 0.704. The molecule has 0 radical (unpaired) electrons. The van der Waals surface area contributed by atoms with Crippen LogP contribution in [-0.2, 0) is 4.79 Å². The Bertz CT molecular complexity index is 549. The molecule has 2 heterocycles. The second-order valence-electron chi connectivity index (χ2n) is 5.53. The van der Waals surface area contributed by atoms with Crippen LogP contribution in [0.3, 0.4) is 0 Å². The maximum Gasteiger partial charge on any atom is 0.250 e. The van der Waals surface area contributed by atoms with Gasteiger partial charge in [-0.1, -0.05) is 0 Å². The topological polar surface area (TPSA) is 66.9 Å². The highest BCUT2D eigenvalue weighted by Crippen LogP contribution is 2.53. The lowest BCUT2D eigenvalue weighted by Crippen LogP contribution is -2.56. The molecule has 3 unspecified atom stereocenters. The summed E-state index contributed by atoms with van der Waals surface area (Å²) in [6.45, 7) is 0. The number of aromatic nitrogens is 2. The smallest absolute Gasteiger partial charge is 0.250 e. The summed E-state index contributed by atoms with van der Waals surface area (Å²) in [6, 6.07) is 0. The highest BCUT2D eigenvalue weighted by atomic mass is 35.5. The summed E-state index contributed by atoms with van der Waals surface area (Å²) in [6.07, 6.45) is 5.98. The van der Waals surface area contributed by atoms with Crippen LogP contribution in [0.15, 0.2) is 6.20 Å². The molecule has 1 amide bonds. The van der Waals surface area contributed by atoms with Crippen LogP contribution in [0.1, 0.15) is 25.7 Å². The van der Waals surface area contributed by atoms with Gasteiger partial charge in [0, 0.05) is 0 Å². The number of hydrogen-bond donors (Lipinski definition) is 2. The zero-order valence-electron chi connectivity index (χ0n) is 9.74. The van der Waals surface area contributed by atoms with Crippen LogP contribution in [0.25, 0.3) is 0 Å². The number of hydrogen-bond acceptors (Lipinski definition) is 4. The third-order valence-corrected chi connectivity index (χ3v) is 4.79. The number of carbonyl (C=O) groups is 1. The van der Waals surface area contributed by atoms with E-state index in [9.17, 15) is 4.79 Å². The van der Waals surface area contributed by atoms with E-state index in [-0.39, 0.29) is 11.2 Å². The molecule has 2 bridgehead atoms. The molecular formula is C12H13ClN4O. The molecule has 1 spiro atoms. The van der Waals surface area contributed by atoms with E-state index in [4.69, 9.17) is 11.6 Å². The molecular weight excluding hydrogens is 252 g/mol. The molecule has 2 fully saturated rings. The van der Waals surface area contributed by atoms with Crippen LogP contribution in [0.5, 0.6) is 0 Å². The van der Waals surface area contributed by atoms with E-state index < -0.39 is 5.54 Å². The van der Waals surface area contributed by atoms with Gasteiger partial charge in [-0.05, 0) is 49.1 Å². The van der Waals surface area contributed by atoms with E-state index in [1.165, 1.54) is 6.42 Å². The first kappa shape index (κ1) is 10.6. The lowest BCUT2D eigenvalue weighted by molar-refractivity contribution is -0.122. The average Bonchev–Trinajstić information content (AvgIpc) is 2.92. The standard InChI is InChI=1S/C12H13ClN4O/c13-11-14-5-8-9(16-11)17-12(10(18)15-8)4-6-1-2-7(12)3-6/h5-7H,1-4H2,(H,15,18)(H,14,16,17). The highest BCUT2D eigenvalue weighted by Gasteiger charge is 2.57. The van der Waals surface area contributed by atoms with Gasteiger partial charge in [-0.3, -0.25) is 4.79 Å². The molecule has 0 saturated heterocycles. The third-order valence-electron chi connectivity index (χ3n) is 4.60. The minimum atomic E-state index is -0.465. The van der Waals surface area contributed by atoms with Crippen molar-refractivity contribution in [2.24, 2.45) is 11.8 Å². The monoisotopic (exact) mass is 264 g/mol. The molecule has 2 N–H and O–H groups in total. The fourth-order valence-electron chi connectivity index (χ4n) is 3.81. The number of anilines is 2. The molecule has 1 aromatic heterocycles. The highest BCUT2D eigenvalue weighted by molar-refractivity contribution is 6.28. The van der Waals surface area contributed by atoms with Crippen molar-refractivity contribution in [1.29, 1.82) is 0 Å². The molecule has 3 aliphatic rings. The summed E-state index contributed by atoms with van der Waals surface area (Å²) in [5.74, 6) is 1.81. The lowest BCUT2D eigenvalue weighted by Gasteiger charge is -2.40. The van der Waals surface area contributed by atoms with Crippen molar-refractivity contribution >= 4 is 29.0 Å². The fourth-order valence-corrected chi connectivity index (χ4v) is 3.94. The van der Waals surface area contributed by atoms with Crippen molar-refractivity contribution < 1.29 is 4.79 Å². The Morgan fingerprint density at radius 3 is 3.06 bits per heavy atom. The first-order chi connectivity index (χ1) is 8.67. The van der Waals surface area contributed by atoms with Crippen molar-refractivity contribution in [3.05, 3.63) is 11.5 Å². The number of nitrogens with zero attached hydrogens (tertiary/aromatic N) is 2. The van der Waals surface area contributed by atoms with E-state index in [0.717, 1.165) is 19.3 Å². The maximum atomic E-state index is 12.4. The summed E-state index contributed by atoms with van der Waals surface area (Å²) in [5, 5.41) is 6.47. The molecule has 4 rings (SSSR count). The first-order valence-electron chi connectivity index (χ1n) is 6.29. The summed E-state index contributed by atoms with van der Waals surface area (Å²) in [4.78, 5) is 20.5. The van der Waals surface area contributed by atoms with Gasteiger partial charge in [0.1, 0.15) is 11.2 Å². The molecule has 3 atom stereocenters. The van der Waals surface area contributed by atoms with E-state index in [1.807, 2.05) is 0 Å². The van der Waals surface area contributed by atoms with Crippen LogP contribution in [0, 0.1) is 11.8 Å². The van der Waals surface area contributed by atoms with Gasteiger partial charge < -0.3 is 10.6 Å². The summed E-state index contributed by atoms with van der Waals surface area (Å²) < 4.78 is 0. The van der Waals surface area contributed by atoms with Gasteiger partial charge in [0.25, 0.3) is 5.91 Å². The van der Waals surface area contributed by atoms with Gasteiger partial charge in [0.2, 0.25) is 5.28 Å². The molecule has 5 nitrogen and oxygen atoms in total. The van der Waals surface area contributed by atoms with Crippen LogP contribution < -0.4 is 10.6 Å². The maximum absolute atomic E-state index is 12.4. The molecule has 94 valence electrons. The Balaban J connectivity index is 1.78. The zero-order valence-corrected chi connectivity index (χ0v) is 10.5. The predicted molar refractivity (Wildman–Crippen MR) is 67.5 cm³/mol. The van der Waals surface area contributed by atoms with Gasteiger partial charge >= 0.3 is 0 Å². The first-order valence-corrected chi connectivity index (χ1v) is 6.67. The van der Waals surface area contributed by atoms with Gasteiger partial charge in [-0.2, -0.15) is 4.98 Å². The number of amides is 1. The van der Waals surface area contributed by atoms with Crippen molar-refractivity contribution in [3.63, 3.8) is 0 Å². The van der Waals surface area contributed by atoms with Gasteiger partial charge in [-0.15, -0.1) is 0 Å². The minimum Gasteiger partial charge on any atom is -0.354 e. The van der Waals surface area contributed by atoms with Gasteiger partial charge in [0.05, 0.1) is 6.20 Å². The Morgan fingerprint density at radius 2 is 2.33 bits per heavy atom. The zero-order chi connectivity index (χ0) is 12.3. The fraction of sp³-hybridized carbons (Fsp3) is 0.583. The van der Waals surface area contributed by atoms with E-state index in [2.05, 4.69) is 20.6 Å². The van der Waals surface area contributed by atoms with Gasteiger partial charge in [-0.25, -0.2) is 4.98 Å². The van der Waals surface area contributed by atoms with Crippen LogP contribution in [0.4, 0.5) is 11.5 Å². The molecule has 2 aliphatic carbocycles. The predicted octanol–water partition coefficient (Wildman–Crippen LogP) is 2.05. The van der Waals surface area contributed by atoms with E-state index in [0.29, 0.717) is 23.3 Å². The Kier molecular flexibility index (Phi) is 1.96. The largest absolute Gasteiger partial charge is 0.354 e. The summed E-state index contributed by atoms with van der Waals surface area (Å²) >= 11 is 5.81. The molecule has 2 saturated carbocycles. The Morgan fingerprint density at radius 1 is 1.44 bits per heavy atom. The lowest BCUT2D eigenvalue weighted by atomic mass is 9.79. The Labute approximate surface area is 109 Å². The van der Waals surface area contributed by atoms with E-state index >= 15 is 0 Å². The van der Waals surface area contributed by atoms with Gasteiger partial charge in [0.15, 0.2) is 5.82 Å². The van der Waals surface area contributed by atoms with Crippen molar-refractivity contribution in [2.75, 3.05) is 10.6 Å². The normalized spacial score (nSPS) is 36.4. The number of halogens is 1. The number of carbonyl (C=O) groups excluding carboxylic acids is 1. The van der Waals surface area contributed by atoms with Crippen LogP contribution in [0.2, 0.25) is 5.28 Å². The molecule has 1 aliphatic heterocycles. The van der Waals surface area contributed by atoms with Crippen LogP contribution in [-0.4, -0.2) is 21.4 Å². The SMILES string of the molecule is O=C1Nc2cnc(Cl)nc2NC12CC1CCC2C1. The third kappa shape index (κ3) is 1.25. The molecule has 1 aromatic rings. The minimum absolute atomic E-state index is 0.0631. The van der Waals surface area contributed by atoms with Crippen LogP contribution >= 0.6 is 11.6 Å². The average molecular weight is 265 g/mol. The Hall–Kier alpha value is -1.36. The second-order valence-corrected chi connectivity index (χ2v) is 5.87. The van der Waals surface area contributed by atoms with Crippen molar-refractivity contribution in [2.45, 2.75) is 31.2 Å². The number of fused-ring (bicyclic) bond motifs is 4.